The van der Waals surface area contributed by atoms with E-state index in [1.165, 1.54) is 70.9 Å². The molecule has 1 aliphatic heterocycles. The van der Waals surface area contributed by atoms with Crippen LogP contribution in [0.1, 0.15) is 152 Å². The Balaban J connectivity index is 0.0000124. The van der Waals surface area contributed by atoms with Crippen LogP contribution in [-0.4, -0.2) is 9.55 Å². The van der Waals surface area contributed by atoms with E-state index in [0.29, 0.717) is 5.39 Å². The number of hydrogen-bond acceptors (Lipinski definition) is 4. The number of benzene rings is 9. The molecular formula is C79H75N4OPt-3. The predicted molar refractivity (Wildman–Crippen MR) is 352 cm³/mol. The Labute approximate surface area is 562 Å². The van der Waals surface area contributed by atoms with Gasteiger partial charge in [-0.2, -0.15) is 12.1 Å². The summed E-state index contributed by atoms with van der Waals surface area (Å²) in [6.07, 6.45) is -9.92. The van der Waals surface area contributed by atoms with Crippen LogP contribution in [0.4, 0.5) is 22.7 Å². The van der Waals surface area contributed by atoms with Crippen molar-refractivity contribution in [2.45, 2.75) is 112 Å². The molecule has 430 valence electrons. The minimum absolute atomic E-state index is 0. The second-order valence-corrected chi connectivity index (χ2v) is 23.2. The quantitative estimate of drug-likeness (QED) is 0.121. The first-order valence-electron chi connectivity index (χ1n) is 42.7. The molecule has 2 aliphatic rings. The molecule has 0 spiro atoms. The van der Waals surface area contributed by atoms with Crippen molar-refractivity contribution < 1.29 is 68.3 Å². The van der Waals surface area contributed by atoms with Crippen LogP contribution in [0.5, 0.6) is 11.5 Å². The molecule has 6 heteroatoms. The largest absolute Gasteiger partial charge is 0.509 e. The van der Waals surface area contributed by atoms with E-state index in [-0.39, 0.29) is 140 Å². The number of ether oxygens (including phenoxy) is 1. The van der Waals surface area contributed by atoms with Crippen LogP contribution in [0.3, 0.4) is 0 Å². The van der Waals surface area contributed by atoms with E-state index in [1.54, 1.807) is 111 Å². The Bertz CT molecular complexity index is 5780. The van der Waals surface area contributed by atoms with Gasteiger partial charge >= 0.3 is 0 Å². The van der Waals surface area contributed by atoms with E-state index >= 15 is 0 Å². The van der Waals surface area contributed by atoms with Crippen molar-refractivity contribution in [1.29, 1.82) is 0 Å². The molecule has 0 N–H and O–H groups in total. The molecule has 11 aromatic rings. The molecule has 0 unspecified atom stereocenters. The smallest absolute Gasteiger partial charge is 0.135 e. The number of aromatic nitrogens is 2. The van der Waals surface area contributed by atoms with Crippen molar-refractivity contribution in [2.75, 3.05) is 9.80 Å². The number of aryl methyl sites for hydroxylation is 1. The van der Waals surface area contributed by atoms with Crippen molar-refractivity contribution in [2.24, 2.45) is 10.8 Å². The molecule has 0 saturated carbocycles. The van der Waals surface area contributed by atoms with Gasteiger partial charge in [-0.25, -0.2) is 4.98 Å². The van der Waals surface area contributed by atoms with E-state index in [4.69, 9.17) is 23.9 Å². The molecule has 2 aromatic heterocycles. The second kappa shape index (κ2) is 22.1. The van der Waals surface area contributed by atoms with Crippen LogP contribution >= 0.6 is 0 Å². The number of pyridine rings is 1. The predicted octanol–water partition coefficient (Wildman–Crippen LogP) is 21.5. The van der Waals surface area contributed by atoms with Crippen LogP contribution < -0.4 is 14.5 Å². The molecule has 85 heavy (non-hydrogen) atoms. The molecule has 0 radical (unpaired) electrons. The van der Waals surface area contributed by atoms with E-state index in [0.717, 1.165) is 0 Å². The molecular weight excluding hydrogens is 1220 g/mol. The molecule has 0 saturated heterocycles. The summed E-state index contributed by atoms with van der Waals surface area (Å²) in [6.45, 7) is -8.26. The minimum atomic E-state index is -4.70. The summed E-state index contributed by atoms with van der Waals surface area (Å²) in [6, 6.07) is 32.6. The van der Waals surface area contributed by atoms with Gasteiger partial charge in [0.2, 0.25) is 0 Å². The average molecular weight is 1320 g/mol. The van der Waals surface area contributed by atoms with Crippen molar-refractivity contribution in [3.8, 4) is 61.8 Å². The van der Waals surface area contributed by atoms with E-state index in [9.17, 15) is 23.3 Å². The van der Waals surface area contributed by atoms with Gasteiger partial charge in [-0.15, -0.1) is 48.1 Å². The Morgan fingerprint density at radius 2 is 1.29 bits per heavy atom. The molecule has 3 heterocycles. The molecule has 0 bridgehead atoms. The summed E-state index contributed by atoms with van der Waals surface area (Å²) >= 11 is 0. The van der Waals surface area contributed by atoms with Crippen molar-refractivity contribution in [1.82, 2.24) is 9.55 Å². The van der Waals surface area contributed by atoms with Crippen LogP contribution in [0.15, 0.2) is 200 Å². The number of anilines is 4. The molecule has 5 nitrogen and oxygen atoms in total. The van der Waals surface area contributed by atoms with Gasteiger partial charge in [0.1, 0.15) is 5.82 Å². The van der Waals surface area contributed by atoms with Gasteiger partial charge in [-0.05, 0) is 176 Å². The van der Waals surface area contributed by atoms with Gasteiger partial charge in [0.15, 0.2) is 0 Å². The van der Waals surface area contributed by atoms with Gasteiger partial charge in [-0.1, -0.05) is 183 Å². The first-order chi connectivity index (χ1) is 53.0. The van der Waals surface area contributed by atoms with Crippen LogP contribution in [0.2, 0.25) is 0 Å². The molecule has 0 amide bonds. The van der Waals surface area contributed by atoms with Crippen molar-refractivity contribution in [3.05, 3.63) is 247 Å². The van der Waals surface area contributed by atoms with Crippen LogP contribution in [0.25, 0.3) is 72.1 Å². The van der Waals surface area contributed by atoms with Gasteiger partial charge in [0.25, 0.3) is 0 Å². The fourth-order valence-corrected chi connectivity index (χ4v) is 10.8. The topological polar surface area (TPSA) is 33.5 Å². The van der Waals surface area contributed by atoms with Crippen molar-refractivity contribution >= 4 is 44.6 Å². The molecule has 9 aromatic carbocycles. The summed E-state index contributed by atoms with van der Waals surface area (Å²) in [5, 5.41) is 0.407. The summed E-state index contributed by atoms with van der Waals surface area (Å²) in [4.78, 5) is 7.64. The third-order valence-electron chi connectivity index (χ3n) is 14.3. The first kappa shape index (κ1) is 31.4. The van der Waals surface area contributed by atoms with E-state index in [1.807, 2.05) is 20.8 Å². The molecule has 0 fully saturated rings. The SMILES string of the molecule is [2H]c1c(-c2ccccc2)c([2H])c(-c2cc(CC(C)(C)C)cc(-c3c([2H])c([2H])c4c(c3[2H])C(C([2H])([2H])[2H])(C([2H])([2H])[2H])C([2H])([2H])C([2H])([2H])C4(C([2H])([2H])[2H])C([2H])([2H])[2H])c2N2[CH-]N(c3[c-]c(Oc4[c-]c5c(cc4)c4c([2H])c([2H])c([2H])c([2H])c4n5-c4cc(C([2H])([2H])C(C)(C)C)ccn4)ccc3)c3ccccc32)c([2H])c1-c1cccc(C([2H])([2H])[2H])c1.[Pt]. The minimum Gasteiger partial charge on any atom is -0.509 e. The Morgan fingerprint density at radius 1 is 0.612 bits per heavy atom. The number of rotatable bonds is 11. The monoisotopic (exact) mass is 1320 g/mol. The Morgan fingerprint density at radius 3 is 2.05 bits per heavy atom. The average Bonchev–Trinajstić information content (AvgIpc) is 0.889. The van der Waals surface area contributed by atoms with E-state index in [2.05, 4.69) is 17.1 Å². The van der Waals surface area contributed by atoms with Gasteiger partial charge < -0.3 is 19.1 Å². The number of fused-ring (bicyclic) bond motifs is 5. The van der Waals surface area contributed by atoms with Crippen molar-refractivity contribution in [3.63, 3.8) is 0 Å². The summed E-state index contributed by atoms with van der Waals surface area (Å²) < 4.78 is 299. The molecule has 1 aliphatic carbocycles. The fourth-order valence-electron chi connectivity index (χ4n) is 10.8. The summed E-state index contributed by atoms with van der Waals surface area (Å²) in [5.74, 6) is 0.0961. The fraction of sp³-hybridized carbons (Fsp3) is 0.241. The summed E-state index contributed by atoms with van der Waals surface area (Å²) in [7, 11) is 0. The maximum absolute atomic E-state index is 10.7. The standard InChI is InChI=1S/C79H75N4O.Pt/c1-52-21-19-24-56(39-52)59-43-58(55-22-13-12-14-23-55)44-60(45-59)67-41-54(50-77(5,6)7)40-66(57-31-34-68-69(46-57)79(10,11)37-36-78(68,8)9)75(67)82-51-81(71-29-17-18-30-72(71)82)61-25-20-26-62(47-61)84-63-32-33-65-64-27-15-16-28-70(64)83(73(65)48-63)74-42-53(35-38-80-74)49-76(2,3)4;/h12-35,38-46,51H,36-37,49-50H2,1-11H3;/q-3;/i1D3,8D3,9D3,10D3,11D3,15D,16D,27D,28D,31D,34D,36D2,37D2,43D,44D,45D,46D,49D2;. The maximum Gasteiger partial charge on any atom is 0.135 e. The van der Waals surface area contributed by atoms with E-state index < -0.39 is 152 Å². The zero-order chi connectivity index (χ0) is 84.9. The third kappa shape index (κ3) is 11.4. The Kier molecular flexibility index (Phi) is 8.18. The first-order valence-corrected chi connectivity index (χ1v) is 27.2. The summed E-state index contributed by atoms with van der Waals surface area (Å²) in [5.41, 5.74) is -15.5. The molecule has 0 atom stereocenters. The normalized spacial score (nSPS) is 21.9. The van der Waals surface area contributed by atoms with Crippen LogP contribution in [0, 0.1) is 36.5 Å². The second-order valence-electron chi connectivity index (χ2n) is 23.2. The molecule has 13 rings (SSSR count). The van der Waals surface area contributed by atoms with Gasteiger partial charge in [-0.3, -0.25) is 0 Å². The maximum atomic E-state index is 10.7. The number of nitrogens with zero attached hydrogens (tertiary/aromatic N) is 4. The number of hydrogen-bond donors (Lipinski definition) is 0. The number of para-hydroxylation sites is 3. The van der Waals surface area contributed by atoms with Crippen LogP contribution in [-0.2, 0) is 44.7 Å². The zero-order valence-corrected chi connectivity index (χ0v) is 49.3. The van der Waals surface area contributed by atoms with Gasteiger partial charge in [0.05, 0.1) is 13.7 Å². The third-order valence-corrected chi connectivity index (χ3v) is 14.3. The van der Waals surface area contributed by atoms with Gasteiger partial charge in [0, 0.05) is 101 Å². The Hall–Kier alpha value is -7.98. The zero-order valence-electron chi connectivity index (χ0n) is 78.1.